The number of carbonyl (C=O) groups excluding carboxylic acids is 1. The van der Waals surface area contributed by atoms with E-state index in [2.05, 4.69) is 21.9 Å². The van der Waals surface area contributed by atoms with Crippen LogP contribution in [0, 0.1) is 0 Å². The van der Waals surface area contributed by atoms with Crippen LogP contribution in [0.5, 0.6) is 0 Å². The Morgan fingerprint density at radius 3 is 2.74 bits per heavy atom. The molecule has 5 nitrogen and oxygen atoms in total. The zero-order valence-corrected chi connectivity index (χ0v) is 14.9. The van der Waals surface area contributed by atoms with Crippen LogP contribution in [0.2, 0.25) is 0 Å². The molecule has 1 saturated heterocycles. The van der Waals surface area contributed by atoms with Gasteiger partial charge in [0.2, 0.25) is 0 Å². The Bertz CT molecular complexity index is 1100. The van der Waals surface area contributed by atoms with E-state index < -0.39 is 0 Å². The zero-order chi connectivity index (χ0) is 18.2. The summed E-state index contributed by atoms with van der Waals surface area (Å²) in [5, 5.41) is 5.71. The fourth-order valence-electron chi connectivity index (χ4n) is 3.90. The van der Waals surface area contributed by atoms with Crippen LogP contribution in [0.1, 0.15) is 22.8 Å². The second-order valence-electron chi connectivity index (χ2n) is 6.98. The Balaban J connectivity index is 1.37. The molecule has 0 radical (unpaired) electrons. The molecule has 1 aliphatic rings. The number of likely N-dealkylation sites (tertiary alicyclic amines) is 1. The fraction of sp³-hybridized carbons (Fsp3) is 0.182. The molecule has 0 saturated carbocycles. The largest absolute Gasteiger partial charge is 0.336 e. The van der Waals surface area contributed by atoms with Crippen LogP contribution in [0.15, 0.2) is 79.3 Å². The van der Waals surface area contributed by atoms with Crippen molar-refractivity contribution in [1.82, 2.24) is 19.2 Å². The molecular weight excluding hydrogens is 336 g/mol. The zero-order valence-electron chi connectivity index (χ0n) is 14.9. The molecule has 1 fully saturated rings. The maximum absolute atomic E-state index is 13.0. The van der Waals surface area contributed by atoms with E-state index in [1.807, 2.05) is 76.6 Å². The van der Waals surface area contributed by atoms with Gasteiger partial charge >= 0.3 is 0 Å². The Morgan fingerprint density at radius 1 is 1.00 bits per heavy atom. The van der Waals surface area contributed by atoms with Gasteiger partial charge in [0, 0.05) is 42.1 Å². The Labute approximate surface area is 157 Å². The third-order valence-electron chi connectivity index (χ3n) is 5.30. The number of rotatable bonds is 3. The van der Waals surface area contributed by atoms with E-state index in [0.29, 0.717) is 6.54 Å². The number of nitrogens with zero attached hydrogens (tertiary/aromatic N) is 4. The van der Waals surface area contributed by atoms with Crippen LogP contribution in [-0.4, -0.2) is 38.2 Å². The number of benzene rings is 2. The predicted octanol–water partition coefficient (Wildman–Crippen LogP) is 3.91. The number of amides is 1. The van der Waals surface area contributed by atoms with Gasteiger partial charge in [-0.15, -0.1) is 0 Å². The number of fused-ring (bicyclic) bond motifs is 1. The van der Waals surface area contributed by atoms with Crippen molar-refractivity contribution in [2.75, 3.05) is 13.1 Å². The molecule has 134 valence electrons. The summed E-state index contributed by atoms with van der Waals surface area (Å²) in [5.74, 6) is 0.0861. The fourth-order valence-corrected chi connectivity index (χ4v) is 3.90. The smallest absolute Gasteiger partial charge is 0.254 e. The molecule has 5 rings (SSSR count). The summed E-state index contributed by atoms with van der Waals surface area (Å²) in [5.41, 5.74) is 2.86. The normalized spacial score (nSPS) is 16.9. The molecule has 27 heavy (non-hydrogen) atoms. The van der Waals surface area contributed by atoms with Gasteiger partial charge in [0.25, 0.3) is 5.91 Å². The third kappa shape index (κ3) is 2.81. The highest BCUT2D eigenvalue weighted by atomic mass is 16.2. The molecule has 2 aromatic heterocycles. The van der Waals surface area contributed by atoms with Crippen molar-refractivity contribution in [3.05, 3.63) is 84.8 Å². The van der Waals surface area contributed by atoms with E-state index in [9.17, 15) is 4.79 Å². The molecule has 0 bridgehead atoms. The molecule has 0 aliphatic carbocycles. The Kier molecular flexibility index (Phi) is 3.78. The molecular formula is C22H20N4O. The lowest BCUT2D eigenvalue weighted by atomic mass is 10.1. The van der Waals surface area contributed by atoms with Crippen molar-refractivity contribution in [3.63, 3.8) is 0 Å². The summed E-state index contributed by atoms with van der Waals surface area (Å²) in [6.45, 7) is 1.45. The lowest BCUT2D eigenvalue weighted by Gasteiger charge is -2.18. The molecule has 1 unspecified atom stereocenters. The van der Waals surface area contributed by atoms with Crippen LogP contribution >= 0.6 is 0 Å². The molecule has 0 spiro atoms. The average molecular weight is 356 g/mol. The van der Waals surface area contributed by atoms with Gasteiger partial charge in [0.05, 0.1) is 17.8 Å². The lowest BCUT2D eigenvalue weighted by molar-refractivity contribution is 0.0787. The topological polar surface area (TPSA) is 43.1 Å². The Hall–Kier alpha value is -3.34. The molecule has 3 heterocycles. The van der Waals surface area contributed by atoms with Gasteiger partial charge < -0.3 is 9.47 Å². The predicted molar refractivity (Wildman–Crippen MR) is 105 cm³/mol. The van der Waals surface area contributed by atoms with Crippen LogP contribution in [-0.2, 0) is 0 Å². The van der Waals surface area contributed by atoms with Crippen molar-refractivity contribution < 1.29 is 4.79 Å². The summed E-state index contributed by atoms with van der Waals surface area (Å²) in [4.78, 5) is 15.0. The van der Waals surface area contributed by atoms with Gasteiger partial charge in [-0.1, -0.05) is 24.3 Å². The minimum Gasteiger partial charge on any atom is -0.336 e. The summed E-state index contributed by atoms with van der Waals surface area (Å²) in [6, 6.07) is 20.2. The first kappa shape index (κ1) is 15.9. The highest BCUT2D eigenvalue weighted by molar-refractivity contribution is 5.95. The van der Waals surface area contributed by atoms with Crippen LogP contribution in [0.3, 0.4) is 0 Å². The van der Waals surface area contributed by atoms with Crippen molar-refractivity contribution >= 4 is 16.8 Å². The number of para-hydroxylation sites is 1. The summed E-state index contributed by atoms with van der Waals surface area (Å²) < 4.78 is 4.08. The maximum Gasteiger partial charge on any atom is 0.254 e. The van der Waals surface area contributed by atoms with Crippen LogP contribution in [0.4, 0.5) is 0 Å². The van der Waals surface area contributed by atoms with Crippen molar-refractivity contribution in [2.45, 2.75) is 12.5 Å². The van der Waals surface area contributed by atoms with Gasteiger partial charge in [-0.25, -0.2) is 0 Å². The summed E-state index contributed by atoms with van der Waals surface area (Å²) in [7, 11) is 0. The number of hydrogen-bond donors (Lipinski definition) is 0. The average Bonchev–Trinajstić information content (AvgIpc) is 3.47. The van der Waals surface area contributed by atoms with Crippen LogP contribution in [0.25, 0.3) is 16.6 Å². The maximum atomic E-state index is 13.0. The second-order valence-corrected chi connectivity index (χ2v) is 6.98. The summed E-state index contributed by atoms with van der Waals surface area (Å²) in [6.07, 6.45) is 6.80. The lowest BCUT2D eigenvalue weighted by Crippen LogP contribution is -2.29. The molecule has 2 aromatic carbocycles. The quantitative estimate of drug-likeness (QED) is 0.558. The first-order chi connectivity index (χ1) is 13.3. The van der Waals surface area contributed by atoms with E-state index in [-0.39, 0.29) is 11.9 Å². The van der Waals surface area contributed by atoms with E-state index in [4.69, 9.17) is 0 Å². The number of hydrogen-bond acceptors (Lipinski definition) is 2. The minimum atomic E-state index is 0.0861. The second kappa shape index (κ2) is 6.43. The van der Waals surface area contributed by atoms with Gasteiger partial charge in [0.15, 0.2) is 0 Å². The van der Waals surface area contributed by atoms with Gasteiger partial charge in [-0.3, -0.25) is 9.48 Å². The Morgan fingerprint density at radius 2 is 1.85 bits per heavy atom. The third-order valence-corrected chi connectivity index (χ3v) is 5.30. The summed E-state index contributed by atoms with van der Waals surface area (Å²) >= 11 is 0. The molecule has 1 atom stereocenters. The molecule has 1 amide bonds. The number of carbonyl (C=O) groups is 1. The van der Waals surface area contributed by atoms with Gasteiger partial charge in [-0.05, 0) is 42.8 Å². The van der Waals surface area contributed by atoms with E-state index in [1.54, 1.807) is 0 Å². The van der Waals surface area contributed by atoms with Crippen molar-refractivity contribution in [3.8, 4) is 5.69 Å². The molecule has 1 aliphatic heterocycles. The van der Waals surface area contributed by atoms with E-state index in [1.165, 1.54) is 0 Å². The van der Waals surface area contributed by atoms with E-state index >= 15 is 0 Å². The van der Waals surface area contributed by atoms with Crippen molar-refractivity contribution in [1.29, 1.82) is 0 Å². The molecule has 4 aromatic rings. The standard InChI is InChI=1S/C22H20N4O/c27-22(17-7-5-8-19(14-17)24-11-3-4-12-24)25-13-10-20(16-25)26-21-9-2-1-6-18(21)15-23-26/h1-9,11-12,14-15,20H,10,13,16H2. The van der Waals surface area contributed by atoms with Gasteiger partial charge in [0.1, 0.15) is 0 Å². The highest BCUT2D eigenvalue weighted by Gasteiger charge is 2.29. The molecule has 0 N–H and O–H groups in total. The van der Waals surface area contributed by atoms with E-state index in [0.717, 1.165) is 35.1 Å². The minimum absolute atomic E-state index is 0.0861. The first-order valence-electron chi connectivity index (χ1n) is 9.24. The van der Waals surface area contributed by atoms with Crippen LogP contribution < -0.4 is 0 Å². The first-order valence-corrected chi connectivity index (χ1v) is 9.24. The monoisotopic (exact) mass is 356 g/mol. The van der Waals surface area contributed by atoms with Gasteiger partial charge in [-0.2, -0.15) is 5.10 Å². The number of aromatic nitrogens is 3. The molecule has 5 heteroatoms. The highest BCUT2D eigenvalue weighted by Crippen LogP contribution is 2.26. The SMILES string of the molecule is O=C(c1cccc(-n2cccc2)c1)N1CCC(n2ncc3ccccc32)C1. The van der Waals surface area contributed by atoms with Crippen molar-refractivity contribution in [2.24, 2.45) is 0 Å².